The van der Waals surface area contributed by atoms with E-state index in [1.165, 1.54) is 0 Å². The summed E-state index contributed by atoms with van der Waals surface area (Å²) in [7, 11) is 0. The molecule has 0 heterocycles. The topological polar surface area (TPSA) is 158 Å². The van der Waals surface area contributed by atoms with E-state index >= 15 is 0 Å². The molecule has 0 aromatic carbocycles. The van der Waals surface area contributed by atoms with Crippen molar-refractivity contribution in [2.24, 2.45) is 17.8 Å². The van der Waals surface area contributed by atoms with E-state index in [2.05, 4.69) is 41.5 Å². The molecule has 0 aliphatic rings. The molecule has 0 saturated heterocycles. The van der Waals surface area contributed by atoms with Crippen molar-refractivity contribution in [1.82, 2.24) is 0 Å². The molecule has 0 rings (SSSR count). The second-order valence-electron chi connectivity index (χ2n) is 14.5. The van der Waals surface area contributed by atoms with Gasteiger partial charge in [-0.1, -0.05) is 40.0 Å². The number of hydrogen-bond acceptors (Lipinski definition) is 12. The molecular weight excluding hydrogens is 771 g/mol. The van der Waals surface area contributed by atoms with Crippen molar-refractivity contribution in [1.29, 1.82) is 0 Å². The van der Waals surface area contributed by atoms with Gasteiger partial charge >= 0.3 is 299 Å². The molecule has 0 spiro atoms. The molecule has 0 fully saturated rings. The Morgan fingerprint density at radius 1 is 0.364 bits per heavy atom. The predicted molar refractivity (Wildman–Crippen MR) is 212 cm³/mol. The number of unbranched alkanes of at least 4 members (excludes halogenated alkanes) is 6. The van der Waals surface area contributed by atoms with Gasteiger partial charge in [-0.2, -0.15) is 0 Å². The van der Waals surface area contributed by atoms with Crippen molar-refractivity contribution in [3.8, 4) is 0 Å². The van der Waals surface area contributed by atoms with Gasteiger partial charge in [0, 0.05) is 0 Å². The number of carbonyl (C=O) groups excluding carboxylic acids is 6. The Hall–Kier alpha value is -2.62. The minimum absolute atomic E-state index is 0.0550. The molecule has 320 valence electrons. The molecule has 3 atom stereocenters. The Labute approximate surface area is 337 Å². The number of hydrogen-bond donors (Lipinski definition) is 0. The van der Waals surface area contributed by atoms with Crippen LogP contribution in [-0.2, 0) is 54.2 Å². The van der Waals surface area contributed by atoms with Gasteiger partial charge in [0.1, 0.15) is 0 Å². The first kappa shape index (κ1) is 52.4. The number of rotatable bonds is 36. The van der Waals surface area contributed by atoms with Gasteiger partial charge in [0.25, 0.3) is 0 Å². The molecule has 0 bridgehead atoms. The van der Waals surface area contributed by atoms with Crippen LogP contribution in [0, 0.1) is 17.8 Å². The van der Waals surface area contributed by atoms with Crippen molar-refractivity contribution < 1.29 is 54.2 Å². The van der Waals surface area contributed by atoms with Gasteiger partial charge < -0.3 is 0 Å². The van der Waals surface area contributed by atoms with Gasteiger partial charge in [-0.3, -0.25) is 0 Å². The summed E-state index contributed by atoms with van der Waals surface area (Å²) >= 11 is -3.64. The Balaban J connectivity index is 4.89. The minimum Gasteiger partial charge on any atom is -0.0654 e. The third kappa shape index (κ3) is 31.2. The van der Waals surface area contributed by atoms with Crippen molar-refractivity contribution in [3.05, 3.63) is 0 Å². The van der Waals surface area contributed by atoms with E-state index in [1.54, 1.807) is 0 Å². The summed E-state index contributed by atoms with van der Waals surface area (Å²) in [6.45, 7) is 13.8. The standard InChI is InChI=1S/C42H75AsO12/c1-7-13-22-34(10-4)31-50-37(44)25-16-19-28-40(47)53-43(54-41(48)29-20-17-26-38(45)51-32-35(11-5)23-14-8-2)55-42(49)30-21-18-27-39(46)52-33-36(12-6)24-15-9-3/h34-36H,7-33H2,1-6H3. The van der Waals surface area contributed by atoms with E-state index in [-0.39, 0.29) is 56.4 Å². The second kappa shape index (κ2) is 35.8. The molecule has 0 aromatic rings. The van der Waals surface area contributed by atoms with Gasteiger partial charge in [-0.15, -0.1) is 0 Å². The molecule has 0 radical (unpaired) electrons. The Kier molecular flexibility index (Phi) is 34.1. The van der Waals surface area contributed by atoms with Gasteiger partial charge in [-0.25, -0.2) is 0 Å². The zero-order valence-corrected chi connectivity index (χ0v) is 37.0. The van der Waals surface area contributed by atoms with E-state index in [0.29, 0.717) is 76.1 Å². The third-order valence-electron chi connectivity index (χ3n) is 9.63. The van der Waals surface area contributed by atoms with Gasteiger partial charge in [0.2, 0.25) is 0 Å². The van der Waals surface area contributed by atoms with E-state index in [4.69, 9.17) is 25.4 Å². The van der Waals surface area contributed by atoms with Gasteiger partial charge in [0.05, 0.1) is 0 Å². The summed E-state index contributed by atoms with van der Waals surface area (Å²) < 4.78 is 32.3. The SMILES string of the molecule is CCCCC(CC)COC(=O)CCCCC(=O)O[As](OC(=O)CCCCC(=O)OCC(CC)CCCC)OC(=O)CCCCC(=O)OCC(CC)CCCC. The van der Waals surface area contributed by atoms with E-state index in [0.717, 1.165) is 77.0 Å². The van der Waals surface area contributed by atoms with Crippen molar-refractivity contribution in [3.63, 3.8) is 0 Å². The fourth-order valence-corrected chi connectivity index (χ4v) is 7.46. The maximum absolute atomic E-state index is 12.7. The van der Waals surface area contributed by atoms with Gasteiger partial charge in [0.15, 0.2) is 0 Å². The first-order valence-corrected chi connectivity index (χ1v) is 23.7. The zero-order valence-electron chi connectivity index (χ0n) is 35.2. The third-order valence-corrected chi connectivity index (χ3v) is 11.9. The molecule has 0 aliphatic heterocycles. The average Bonchev–Trinajstić information content (AvgIpc) is 3.17. The van der Waals surface area contributed by atoms with Gasteiger partial charge in [-0.05, 0) is 0 Å². The molecule has 12 nitrogen and oxygen atoms in total. The first-order chi connectivity index (χ1) is 26.5. The summed E-state index contributed by atoms with van der Waals surface area (Å²) in [6, 6.07) is 0. The van der Waals surface area contributed by atoms with Crippen LogP contribution in [0.25, 0.3) is 0 Å². The van der Waals surface area contributed by atoms with Crippen LogP contribution in [0.3, 0.4) is 0 Å². The number of esters is 3. The minimum atomic E-state index is -3.64. The second-order valence-corrected chi connectivity index (χ2v) is 16.6. The van der Waals surface area contributed by atoms with Crippen LogP contribution >= 0.6 is 0 Å². The Morgan fingerprint density at radius 3 is 0.818 bits per heavy atom. The van der Waals surface area contributed by atoms with E-state index < -0.39 is 33.6 Å². The molecular formula is C42H75AsO12. The summed E-state index contributed by atoms with van der Waals surface area (Å²) in [6.07, 6.45) is 15.0. The molecule has 55 heavy (non-hydrogen) atoms. The van der Waals surface area contributed by atoms with Crippen LogP contribution in [0.1, 0.15) is 196 Å². The average molecular weight is 847 g/mol. The fourth-order valence-electron chi connectivity index (χ4n) is 5.60. The summed E-state index contributed by atoms with van der Waals surface area (Å²) in [4.78, 5) is 74.7. The fraction of sp³-hybridized carbons (Fsp3) is 0.857. The summed E-state index contributed by atoms with van der Waals surface area (Å²) in [5.41, 5.74) is 0. The van der Waals surface area contributed by atoms with Crippen LogP contribution in [0.5, 0.6) is 0 Å². The van der Waals surface area contributed by atoms with Crippen LogP contribution in [0.15, 0.2) is 0 Å². The van der Waals surface area contributed by atoms with Crippen molar-refractivity contribution in [2.45, 2.75) is 196 Å². The smallest absolute Gasteiger partial charge is 0.0654 e. The monoisotopic (exact) mass is 846 g/mol. The molecule has 0 N–H and O–H groups in total. The quantitative estimate of drug-likeness (QED) is 0.0255. The summed E-state index contributed by atoms with van der Waals surface area (Å²) in [5, 5.41) is 0. The number of ether oxygens (including phenoxy) is 3. The van der Waals surface area contributed by atoms with Crippen LogP contribution < -0.4 is 0 Å². The van der Waals surface area contributed by atoms with Crippen LogP contribution in [-0.4, -0.2) is 71.3 Å². The van der Waals surface area contributed by atoms with Crippen molar-refractivity contribution in [2.75, 3.05) is 19.8 Å². The number of carbonyl (C=O) groups is 6. The Morgan fingerprint density at radius 2 is 0.600 bits per heavy atom. The van der Waals surface area contributed by atoms with Crippen LogP contribution in [0.2, 0.25) is 0 Å². The molecule has 0 saturated carbocycles. The first-order valence-electron chi connectivity index (χ1n) is 21.4. The predicted octanol–water partition coefficient (Wildman–Crippen LogP) is 9.56. The molecule has 0 aliphatic carbocycles. The molecule has 13 heteroatoms. The maximum atomic E-state index is 12.7. The van der Waals surface area contributed by atoms with Crippen LogP contribution in [0.4, 0.5) is 0 Å². The molecule has 3 unspecified atom stereocenters. The Bertz CT molecular complexity index is 923. The normalized spacial score (nSPS) is 13.2. The summed E-state index contributed by atoms with van der Waals surface area (Å²) in [5.74, 6) is -1.98. The van der Waals surface area contributed by atoms with Crippen molar-refractivity contribution >= 4 is 51.5 Å². The zero-order chi connectivity index (χ0) is 41.1. The van der Waals surface area contributed by atoms with E-state index in [1.807, 2.05) is 0 Å². The van der Waals surface area contributed by atoms with E-state index in [9.17, 15) is 28.8 Å². The molecule has 0 aromatic heterocycles. The molecule has 0 amide bonds.